The Labute approximate surface area is 76.7 Å². The molecule has 0 aromatic heterocycles. The van der Waals surface area contributed by atoms with E-state index in [1.807, 2.05) is 27.7 Å². The Bertz CT molecular complexity index is 92.0. The molecule has 2 aliphatic rings. The van der Waals surface area contributed by atoms with Gasteiger partial charge in [-0.05, 0) is 13.0 Å². The second kappa shape index (κ2) is 6.44. The molecule has 2 rings (SSSR count). The molecule has 12 heavy (non-hydrogen) atoms. The highest BCUT2D eigenvalue weighted by molar-refractivity contribution is 4.92. The molecular formula is C10H23NO. The van der Waals surface area contributed by atoms with Crippen LogP contribution >= 0.6 is 0 Å². The molecule has 0 aliphatic carbocycles. The van der Waals surface area contributed by atoms with Crippen LogP contribution in [0.25, 0.3) is 0 Å². The normalized spacial score (nSPS) is 23.0. The van der Waals surface area contributed by atoms with E-state index in [-0.39, 0.29) is 0 Å². The lowest BCUT2D eigenvalue weighted by Gasteiger charge is -2.36. The van der Waals surface area contributed by atoms with Gasteiger partial charge >= 0.3 is 0 Å². The summed E-state index contributed by atoms with van der Waals surface area (Å²) in [4.78, 5) is 0. The fraction of sp³-hybridized carbons (Fsp3) is 1.00. The largest absolute Gasteiger partial charge is 0.380 e. The predicted octanol–water partition coefficient (Wildman–Crippen LogP) is 2.05. The molecule has 0 atom stereocenters. The third-order valence-electron chi connectivity index (χ3n) is 2.15. The first-order valence-corrected chi connectivity index (χ1v) is 5.20. The number of hydrogen-bond acceptors (Lipinski definition) is 2. The minimum Gasteiger partial charge on any atom is -0.380 e. The molecule has 0 aromatic carbocycles. The van der Waals surface area contributed by atoms with Crippen LogP contribution in [0.4, 0.5) is 0 Å². The standard InChI is InChI=1S/C6H11NO.2C2H6/c1-2-7-3-6(1)4-8-5-6;2*1-2/h7H,1-5H2;2*1-2H3. The van der Waals surface area contributed by atoms with Crippen LogP contribution in [0.5, 0.6) is 0 Å². The highest BCUT2D eigenvalue weighted by atomic mass is 16.5. The third kappa shape index (κ3) is 2.76. The Morgan fingerprint density at radius 1 is 1.08 bits per heavy atom. The lowest BCUT2D eigenvalue weighted by atomic mass is 9.86. The zero-order valence-corrected chi connectivity index (χ0v) is 8.94. The first kappa shape index (κ1) is 11.9. The summed E-state index contributed by atoms with van der Waals surface area (Å²) in [5, 5.41) is 3.34. The van der Waals surface area contributed by atoms with Crippen LogP contribution in [-0.2, 0) is 4.74 Å². The second-order valence-corrected chi connectivity index (χ2v) is 2.92. The molecule has 2 nitrogen and oxygen atoms in total. The lowest BCUT2D eigenvalue weighted by molar-refractivity contribution is -0.0995. The lowest BCUT2D eigenvalue weighted by Crippen LogP contribution is -2.43. The molecule has 0 amide bonds. The maximum Gasteiger partial charge on any atom is 0.0557 e. The van der Waals surface area contributed by atoms with E-state index in [9.17, 15) is 0 Å². The molecule has 2 fully saturated rings. The number of rotatable bonds is 0. The van der Waals surface area contributed by atoms with Gasteiger partial charge < -0.3 is 10.1 Å². The molecule has 2 aliphatic heterocycles. The van der Waals surface area contributed by atoms with Gasteiger partial charge in [-0.25, -0.2) is 0 Å². The number of hydrogen-bond donors (Lipinski definition) is 1. The Morgan fingerprint density at radius 3 is 1.83 bits per heavy atom. The van der Waals surface area contributed by atoms with Gasteiger partial charge in [0.15, 0.2) is 0 Å². The monoisotopic (exact) mass is 173 g/mol. The van der Waals surface area contributed by atoms with Crippen LogP contribution in [0.3, 0.4) is 0 Å². The van der Waals surface area contributed by atoms with Crippen molar-refractivity contribution < 1.29 is 4.74 Å². The van der Waals surface area contributed by atoms with Gasteiger partial charge in [-0.3, -0.25) is 0 Å². The van der Waals surface area contributed by atoms with Crippen molar-refractivity contribution in [2.45, 2.75) is 34.1 Å². The van der Waals surface area contributed by atoms with E-state index in [1.54, 1.807) is 0 Å². The first-order chi connectivity index (χ1) is 5.91. The summed E-state index contributed by atoms with van der Waals surface area (Å²) in [6.45, 7) is 12.4. The smallest absolute Gasteiger partial charge is 0.0557 e. The molecule has 2 heterocycles. The number of nitrogens with one attached hydrogen (secondary N) is 1. The van der Waals surface area contributed by atoms with Crippen molar-refractivity contribution in [2.24, 2.45) is 5.41 Å². The fourth-order valence-electron chi connectivity index (χ4n) is 1.43. The van der Waals surface area contributed by atoms with Crippen LogP contribution in [0.1, 0.15) is 34.1 Å². The van der Waals surface area contributed by atoms with E-state index < -0.39 is 0 Å². The van der Waals surface area contributed by atoms with Crippen molar-refractivity contribution >= 4 is 0 Å². The van der Waals surface area contributed by atoms with Crippen molar-refractivity contribution in [3.63, 3.8) is 0 Å². The van der Waals surface area contributed by atoms with Gasteiger partial charge in [0.2, 0.25) is 0 Å². The molecule has 74 valence electrons. The van der Waals surface area contributed by atoms with Gasteiger partial charge in [-0.1, -0.05) is 27.7 Å². The average Bonchev–Trinajstić information content (AvgIpc) is 2.59. The summed E-state index contributed by atoms with van der Waals surface area (Å²) in [6.07, 6.45) is 1.33. The summed E-state index contributed by atoms with van der Waals surface area (Å²) in [7, 11) is 0. The van der Waals surface area contributed by atoms with Crippen molar-refractivity contribution in [2.75, 3.05) is 26.3 Å². The zero-order valence-electron chi connectivity index (χ0n) is 8.94. The summed E-state index contributed by atoms with van der Waals surface area (Å²) >= 11 is 0. The van der Waals surface area contributed by atoms with E-state index in [4.69, 9.17) is 4.74 Å². The quantitative estimate of drug-likeness (QED) is 0.605. The average molecular weight is 173 g/mol. The van der Waals surface area contributed by atoms with Gasteiger partial charge in [0, 0.05) is 12.0 Å². The fourth-order valence-corrected chi connectivity index (χ4v) is 1.43. The van der Waals surface area contributed by atoms with E-state index in [0.717, 1.165) is 13.2 Å². The Balaban J connectivity index is 0.000000269. The Morgan fingerprint density at radius 2 is 1.67 bits per heavy atom. The first-order valence-electron chi connectivity index (χ1n) is 5.20. The molecule has 2 saturated heterocycles. The Hall–Kier alpha value is -0.0800. The molecule has 0 saturated carbocycles. The van der Waals surface area contributed by atoms with Crippen LogP contribution < -0.4 is 5.32 Å². The summed E-state index contributed by atoms with van der Waals surface area (Å²) in [6, 6.07) is 0. The molecule has 1 spiro atoms. The van der Waals surface area contributed by atoms with Crippen molar-refractivity contribution in [1.29, 1.82) is 0 Å². The van der Waals surface area contributed by atoms with Crippen molar-refractivity contribution in [3.8, 4) is 0 Å². The van der Waals surface area contributed by atoms with E-state index >= 15 is 0 Å². The van der Waals surface area contributed by atoms with Gasteiger partial charge in [0.25, 0.3) is 0 Å². The maximum atomic E-state index is 5.12. The highest BCUT2D eigenvalue weighted by Gasteiger charge is 2.40. The highest BCUT2D eigenvalue weighted by Crippen LogP contribution is 2.32. The minimum atomic E-state index is 0.583. The SMILES string of the molecule is C1CC2(CN1)COC2.CC.CC. The van der Waals surface area contributed by atoms with E-state index in [0.29, 0.717) is 5.41 Å². The van der Waals surface area contributed by atoms with Crippen LogP contribution in [0.15, 0.2) is 0 Å². The summed E-state index contributed by atoms with van der Waals surface area (Å²) in [5.74, 6) is 0. The van der Waals surface area contributed by atoms with Crippen LogP contribution in [-0.4, -0.2) is 26.3 Å². The topological polar surface area (TPSA) is 21.3 Å². The molecule has 0 aromatic rings. The van der Waals surface area contributed by atoms with Gasteiger partial charge in [0.1, 0.15) is 0 Å². The van der Waals surface area contributed by atoms with Crippen molar-refractivity contribution in [1.82, 2.24) is 5.32 Å². The number of ether oxygens (including phenoxy) is 1. The van der Waals surface area contributed by atoms with Crippen LogP contribution in [0, 0.1) is 5.41 Å². The van der Waals surface area contributed by atoms with E-state index in [1.165, 1.54) is 19.5 Å². The van der Waals surface area contributed by atoms with Crippen LogP contribution in [0.2, 0.25) is 0 Å². The molecule has 0 unspecified atom stereocenters. The van der Waals surface area contributed by atoms with Crippen molar-refractivity contribution in [3.05, 3.63) is 0 Å². The maximum absolute atomic E-state index is 5.12. The van der Waals surface area contributed by atoms with Gasteiger partial charge in [-0.2, -0.15) is 0 Å². The second-order valence-electron chi connectivity index (χ2n) is 2.92. The predicted molar refractivity (Wildman–Crippen MR) is 53.4 cm³/mol. The van der Waals surface area contributed by atoms with Gasteiger partial charge in [-0.15, -0.1) is 0 Å². The molecule has 0 bridgehead atoms. The Kier molecular flexibility index (Phi) is 6.39. The zero-order chi connectivity index (χ0) is 9.45. The minimum absolute atomic E-state index is 0.583. The molecular weight excluding hydrogens is 150 g/mol. The van der Waals surface area contributed by atoms with Gasteiger partial charge in [0.05, 0.1) is 13.2 Å². The summed E-state index contributed by atoms with van der Waals surface area (Å²) in [5.41, 5.74) is 0.583. The van der Waals surface area contributed by atoms with E-state index in [2.05, 4.69) is 5.32 Å². The third-order valence-corrected chi connectivity index (χ3v) is 2.15. The molecule has 2 heteroatoms. The molecule has 0 radical (unpaired) electrons. The molecule has 1 N–H and O–H groups in total. The summed E-state index contributed by atoms with van der Waals surface area (Å²) < 4.78 is 5.12.